The molecule has 1 aromatic carbocycles. The summed E-state index contributed by atoms with van der Waals surface area (Å²) < 4.78 is 51.4. The molecule has 1 atom stereocenters. The second-order valence-corrected chi connectivity index (χ2v) is 9.73. The largest absolute Gasteiger partial charge is 0.356 e. The van der Waals surface area contributed by atoms with Crippen molar-refractivity contribution in [1.29, 1.82) is 0 Å². The summed E-state index contributed by atoms with van der Waals surface area (Å²) in [5.74, 6) is -0.437. The Labute approximate surface area is 183 Å². The molecule has 0 aliphatic heterocycles. The molecule has 1 saturated carbocycles. The van der Waals surface area contributed by atoms with Crippen LogP contribution in [0, 0.1) is 11.6 Å². The molecule has 160 valence electrons. The predicted octanol–water partition coefficient (Wildman–Crippen LogP) is 3.38. The standard InChI is InChI=1S/C19H29F2N3O2S.HI/c1-14(9-12-27(3,25)26)24-18(22-2)23-13-19(10-4-5-11-19)17-15(20)7-6-8-16(17)21;/h6-8,14H,4-5,9-13H2,1-3H3,(H2,22,23,24);1H. The monoisotopic (exact) mass is 529 g/mol. The molecule has 9 heteroatoms. The number of aliphatic imine (C=N–C) groups is 1. The van der Waals surface area contributed by atoms with Crippen LogP contribution in [0.4, 0.5) is 8.78 Å². The lowest BCUT2D eigenvalue weighted by molar-refractivity contribution is 0.385. The quantitative estimate of drug-likeness (QED) is 0.323. The Morgan fingerprint density at radius 3 is 2.32 bits per heavy atom. The maximum absolute atomic E-state index is 14.4. The summed E-state index contributed by atoms with van der Waals surface area (Å²) in [5.41, 5.74) is -0.459. The van der Waals surface area contributed by atoms with E-state index in [0.717, 1.165) is 12.8 Å². The normalized spacial score (nSPS) is 17.7. The van der Waals surface area contributed by atoms with E-state index in [1.807, 2.05) is 6.92 Å². The van der Waals surface area contributed by atoms with E-state index in [0.29, 0.717) is 31.8 Å². The fourth-order valence-corrected chi connectivity index (χ4v) is 4.50. The summed E-state index contributed by atoms with van der Waals surface area (Å²) in [5, 5.41) is 6.34. The fraction of sp³-hybridized carbons (Fsp3) is 0.632. The Bertz CT molecular complexity index is 761. The third kappa shape index (κ3) is 6.82. The first kappa shape index (κ1) is 25.1. The van der Waals surface area contributed by atoms with E-state index in [-0.39, 0.29) is 41.3 Å². The van der Waals surface area contributed by atoms with E-state index in [2.05, 4.69) is 15.6 Å². The molecule has 0 aromatic heterocycles. The highest BCUT2D eigenvalue weighted by molar-refractivity contribution is 14.0. The fourth-order valence-electron chi connectivity index (χ4n) is 3.72. The van der Waals surface area contributed by atoms with Crippen LogP contribution in [-0.4, -0.2) is 46.0 Å². The van der Waals surface area contributed by atoms with Gasteiger partial charge in [0.25, 0.3) is 0 Å². The summed E-state index contributed by atoms with van der Waals surface area (Å²) >= 11 is 0. The van der Waals surface area contributed by atoms with Crippen LogP contribution in [-0.2, 0) is 15.3 Å². The van der Waals surface area contributed by atoms with Crippen molar-refractivity contribution >= 4 is 39.8 Å². The zero-order valence-electron chi connectivity index (χ0n) is 16.6. The molecule has 1 aromatic rings. The van der Waals surface area contributed by atoms with E-state index < -0.39 is 26.9 Å². The molecule has 28 heavy (non-hydrogen) atoms. The molecule has 2 N–H and O–H groups in total. The smallest absolute Gasteiger partial charge is 0.191 e. The van der Waals surface area contributed by atoms with Crippen LogP contribution in [0.2, 0.25) is 0 Å². The summed E-state index contributed by atoms with van der Waals surface area (Å²) in [6.45, 7) is 2.24. The topological polar surface area (TPSA) is 70.6 Å². The summed E-state index contributed by atoms with van der Waals surface area (Å²) in [6, 6.07) is 3.89. The molecule has 0 saturated heterocycles. The SMILES string of the molecule is CN=C(NCC1(c2c(F)cccc2F)CCCC1)NC(C)CCS(C)(=O)=O.I. The Kier molecular flexibility index (Phi) is 9.58. The lowest BCUT2D eigenvalue weighted by Gasteiger charge is -2.31. The van der Waals surface area contributed by atoms with E-state index in [1.54, 1.807) is 7.05 Å². The molecule has 0 radical (unpaired) electrons. The number of sulfone groups is 1. The van der Waals surface area contributed by atoms with Gasteiger partial charge < -0.3 is 10.6 Å². The van der Waals surface area contributed by atoms with Gasteiger partial charge in [-0.15, -0.1) is 24.0 Å². The number of hydrogen-bond donors (Lipinski definition) is 2. The maximum atomic E-state index is 14.4. The first-order chi connectivity index (χ1) is 12.7. The Morgan fingerprint density at radius 2 is 1.82 bits per heavy atom. The molecule has 0 spiro atoms. The van der Waals surface area contributed by atoms with Crippen LogP contribution >= 0.6 is 24.0 Å². The van der Waals surface area contributed by atoms with E-state index in [4.69, 9.17) is 0 Å². The van der Waals surface area contributed by atoms with Gasteiger partial charge in [0.2, 0.25) is 0 Å². The zero-order valence-corrected chi connectivity index (χ0v) is 19.7. The van der Waals surface area contributed by atoms with Crippen LogP contribution in [0.3, 0.4) is 0 Å². The second kappa shape index (κ2) is 10.7. The van der Waals surface area contributed by atoms with E-state index in [1.165, 1.54) is 24.5 Å². The summed E-state index contributed by atoms with van der Waals surface area (Å²) in [4.78, 5) is 4.16. The molecule has 0 heterocycles. The van der Waals surface area contributed by atoms with Crippen LogP contribution < -0.4 is 10.6 Å². The van der Waals surface area contributed by atoms with Gasteiger partial charge in [0, 0.05) is 36.9 Å². The third-order valence-corrected chi connectivity index (χ3v) is 6.15. The third-order valence-electron chi connectivity index (χ3n) is 5.18. The van der Waals surface area contributed by atoms with Gasteiger partial charge in [-0.2, -0.15) is 0 Å². The van der Waals surface area contributed by atoms with Gasteiger partial charge in [-0.25, -0.2) is 17.2 Å². The average Bonchev–Trinajstić information content (AvgIpc) is 3.05. The average molecular weight is 529 g/mol. The minimum absolute atomic E-state index is 0. The van der Waals surface area contributed by atoms with Crippen molar-refractivity contribution in [3.63, 3.8) is 0 Å². The highest BCUT2D eigenvalue weighted by Gasteiger charge is 2.40. The highest BCUT2D eigenvalue weighted by atomic mass is 127. The molecule has 1 aliphatic carbocycles. The molecular formula is C19H30F2IN3O2S. The highest BCUT2D eigenvalue weighted by Crippen LogP contribution is 2.42. The van der Waals surface area contributed by atoms with Gasteiger partial charge in [-0.3, -0.25) is 4.99 Å². The number of rotatable bonds is 7. The Balaban J connectivity index is 0.00000392. The number of guanidine groups is 1. The minimum atomic E-state index is -3.03. The maximum Gasteiger partial charge on any atom is 0.191 e. The predicted molar refractivity (Wildman–Crippen MR) is 120 cm³/mol. The number of halogens is 3. The minimum Gasteiger partial charge on any atom is -0.356 e. The lowest BCUT2D eigenvalue weighted by Crippen LogP contribution is -2.48. The van der Waals surface area contributed by atoms with E-state index >= 15 is 0 Å². The molecule has 1 aliphatic rings. The molecule has 2 rings (SSSR count). The van der Waals surface area contributed by atoms with Crippen LogP contribution in [0.15, 0.2) is 23.2 Å². The van der Waals surface area contributed by atoms with Crippen molar-refractivity contribution in [2.24, 2.45) is 4.99 Å². The number of nitrogens with one attached hydrogen (secondary N) is 2. The van der Waals surface area contributed by atoms with Gasteiger partial charge in [0.15, 0.2) is 5.96 Å². The van der Waals surface area contributed by atoms with Crippen LogP contribution in [0.1, 0.15) is 44.6 Å². The number of hydrogen-bond acceptors (Lipinski definition) is 3. The van der Waals surface area contributed by atoms with Crippen molar-refractivity contribution in [3.05, 3.63) is 35.4 Å². The summed E-state index contributed by atoms with van der Waals surface area (Å²) in [6.07, 6.45) is 4.92. The van der Waals surface area contributed by atoms with Crippen LogP contribution in [0.5, 0.6) is 0 Å². The van der Waals surface area contributed by atoms with Crippen LogP contribution in [0.25, 0.3) is 0 Å². The van der Waals surface area contributed by atoms with Gasteiger partial charge in [-0.05, 0) is 38.3 Å². The molecule has 1 fully saturated rings. The molecule has 0 bridgehead atoms. The molecule has 1 unspecified atom stereocenters. The van der Waals surface area contributed by atoms with E-state index in [9.17, 15) is 17.2 Å². The van der Waals surface area contributed by atoms with Gasteiger partial charge in [0.1, 0.15) is 21.5 Å². The first-order valence-electron chi connectivity index (χ1n) is 9.26. The first-order valence-corrected chi connectivity index (χ1v) is 11.3. The Hall–Kier alpha value is -0.970. The number of benzene rings is 1. The molecule has 5 nitrogen and oxygen atoms in total. The summed E-state index contributed by atoms with van der Waals surface area (Å²) in [7, 11) is -1.41. The Morgan fingerprint density at radius 1 is 1.25 bits per heavy atom. The van der Waals surface area contributed by atoms with Crippen molar-refractivity contribution in [2.45, 2.75) is 50.5 Å². The van der Waals surface area contributed by atoms with Gasteiger partial charge >= 0.3 is 0 Å². The zero-order chi connectivity index (χ0) is 20.1. The van der Waals surface area contributed by atoms with Gasteiger partial charge in [0.05, 0.1) is 5.75 Å². The number of nitrogens with zero attached hydrogens (tertiary/aromatic N) is 1. The molecular weight excluding hydrogens is 499 g/mol. The van der Waals surface area contributed by atoms with Crippen molar-refractivity contribution < 1.29 is 17.2 Å². The van der Waals surface area contributed by atoms with Crippen molar-refractivity contribution in [2.75, 3.05) is 25.6 Å². The van der Waals surface area contributed by atoms with Crippen molar-refractivity contribution in [3.8, 4) is 0 Å². The van der Waals surface area contributed by atoms with Crippen molar-refractivity contribution in [1.82, 2.24) is 10.6 Å². The second-order valence-electron chi connectivity index (χ2n) is 7.47. The lowest BCUT2D eigenvalue weighted by atomic mass is 9.78. The molecule has 0 amide bonds. The van der Waals surface area contributed by atoms with Gasteiger partial charge in [-0.1, -0.05) is 18.9 Å².